The number of fused-ring (bicyclic) bond motifs is 1. The van der Waals surface area contributed by atoms with Crippen LogP contribution in [-0.4, -0.2) is 47.2 Å². The van der Waals surface area contributed by atoms with Gasteiger partial charge in [0.1, 0.15) is 24.2 Å². The van der Waals surface area contributed by atoms with Crippen molar-refractivity contribution >= 4 is 32.7 Å². The van der Waals surface area contributed by atoms with E-state index < -0.39 is 27.8 Å². The maximum Gasteiger partial charge on any atom is 0.325 e. The minimum atomic E-state index is -3.33. The molecule has 0 spiro atoms. The summed E-state index contributed by atoms with van der Waals surface area (Å²) in [5, 5.41) is 11.2. The highest BCUT2D eigenvalue weighted by Gasteiger charge is 2.19. The van der Waals surface area contributed by atoms with E-state index in [9.17, 15) is 18.0 Å². The number of hydrogen-bond acceptors (Lipinski definition) is 5. The number of carbonyl (C=O) groups is 2. The summed E-state index contributed by atoms with van der Waals surface area (Å²) in [7, 11) is -3.33. The average Bonchev–Trinajstić information content (AvgIpc) is 2.74. The number of sulfone groups is 1. The van der Waals surface area contributed by atoms with E-state index in [1.807, 2.05) is 0 Å². The largest absolute Gasteiger partial charge is 0.480 e. The smallest absolute Gasteiger partial charge is 0.325 e. The van der Waals surface area contributed by atoms with Crippen molar-refractivity contribution in [3.63, 3.8) is 0 Å². The summed E-state index contributed by atoms with van der Waals surface area (Å²) in [6, 6.07) is 5.92. The van der Waals surface area contributed by atoms with Gasteiger partial charge in [-0.25, -0.2) is 13.4 Å². The summed E-state index contributed by atoms with van der Waals surface area (Å²) >= 11 is 0. The summed E-state index contributed by atoms with van der Waals surface area (Å²) in [6.07, 6.45) is 1.09. The Kier molecular flexibility index (Phi) is 4.69. The summed E-state index contributed by atoms with van der Waals surface area (Å²) in [5.74, 6) is -1.74. The van der Waals surface area contributed by atoms with Crippen LogP contribution in [0.3, 0.4) is 0 Å². The van der Waals surface area contributed by atoms with Gasteiger partial charge in [0, 0.05) is 6.26 Å². The molecule has 0 aliphatic rings. The molecular formula is C14H17N3O5S. The van der Waals surface area contributed by atoms with Gasteiger partial charge in [-0.1, -0.05) is 12.1 Å². The third-order valence-electron chi connectivity index (χ3n) is 3.17. The number of amides is 1. The molecule has 124 valence electrons. The minimum absolute atomic E-state index is 0.205. The van der Waals surface area contributed by atoms with E-state index in [2.05, 4.69) is 10.3 Å². The number of imidazole rings is 1. The second-order valence-corrected chi connectivity index (χ2v) is 7.44. The topological polar surface area (TPSA) is 118 Å². The maximum atomic E-state index is 12.0. The summed E-state index contributed by atoms with van der Waals surface area (Å²) in [4.78, 5) is 27.1. The van der Waals surface area contributed by atoms with Gasteiger partial charge in [0.15, 0.2) is 9.84 Å². The van der Waals surface area contributed by atoms with Gasteiger partial charge in [0.2, 0.25) is 5.91 Å². The molecule has 0 radical (unpaired) electrons. The molecule has 0 saturated heterocycles. The van der Waals surface area contributed by atoms with Crippen LogP contribution in [-0.2, 0) is 31.7 Å². The highest BCUT2D eigenvalue weighted by atomic mass is 32.2. The van der Waals surface area contributed by atoms with Crippen molar-refractivity contribution in [3.05, 3.63) is 30.1 Å². The van der Waals surface area contributed by atoms with Crippen molar-refractivity contribution < 1.29 is 23.1 Å². The van der Waals surface area contributed by atoms with Gasteiger partial charge >= 0.3 is 5.97 Å². The quantitative estimate of drug-likeness (QED) is 0.774. The number of carbonyl (C=O) groups excluding carboxylic acids is 1. The van der Waals surface area contributed by atoms with Gasteiger partial charge in [-0.3, -0.25) is 9.59 Å². The standard InChI is InChI=1S/C14H17N3O5S/c1-9(14(19)20)15-13(18)7-17-11-6-4-3-5-10(11)16-12(17)8-23(2,21)22/h3-6,9H,7-8H2,1-2H3,(H,15,18)(H,19,20)/t9-/m1/s1. The van der Waals surface area contributed by atoms with Crippen LogP contribution < -0.4 is 5.32 Å². The van der Waals surface area contributed by atoms with Crippen molar-refractivity contribution in [2.24, 2.45) is 0 Å². The van der Waals surface area contributed by atoms with Gasteiger partial charge < -0.3 is 15.0 Å². The van der Waals surface area contributed by atoms with E-state index in [1.54, 1.807) is 24.3 Å². The van der Waals surface area contributed by atoms with E-state index in [1.165, 1.54) is 11.5 Å². The average molecular weight is 339 g/mol. The van der Waals surface area contributed by atoms with Crippen LogP contribution in [0.5, 0.6) is 0 Å². The molecule has 9 heteroatoms. The Morgan fingerprint density at radius 3 is 2.61 bits per heavy atom. The fourth-order valence-corrected chi connectivity index (χ4v) is 2.83. The van der Waals surface area contributed by atoms with E-state index in [0.717, 1.165) is 6.26 Å². The number of aliphatic carboxylic acids is 1. The number of benzene rings is 1. The Morgan fingerprint density at radius 1 is 1.35 bits per heavy atom. The predicted molar refractivity (Wildman–Crippen MR) is 83.5 cm³/mol. The molecule has 2 N–H and O–H groups in total. The molecule has 0 aliphatic heterocycles. The number of nitrogens with one attached hydrogen (secondary N) is 1. The number of aromatic nitrogens is 2. The lowest BCUT2D eigenvalue weighted by atomic mass is 10.3. The first-order chi connectivity index (χ1) is 10.7. The first-order valence-corrected chi connectivity index (χ1v) is 8.87. The zero-order valence-electron chi connectivity index (χ0n) is 12.7. The SMILES string of the molecule is C[C@@H](NC(=O)Cn1c(CS(C)(=O)=O)nc2ccccc21)C(=O)O. The third-order valence-corrected chi connectivity index (χ3v) is 3.96. The number of para-hydroxylation sites is 2. The molecule has 1 aromatic carbocycles. The lowest BCUT2D eigenvalue weighted by molar-refractivity contribution is -0.141. The number of rotatable bonds is 6. The molecule has 8 nitrogen and oxygen atoms in total. The zero-order chi connectivity index (χ0) is 17.2. The lowest BCUT2D eigenvalue weighted by Crippen LogP contribution is -2.40. The van der Waals surface area contributed by atoms with Crippen molar-refractivity contribution in [3.8, 4) is 0 Å². The maximum absolute atomic E-state index is 12.0. The van der Waals surface area contributed by atoms with Gasteiger partial charge in [-0.05, 0) is 19.1 Å². The van der Waals surface area contributed by atoms with E-state index >= 15 is 0 Å². The normalized spacial score (nSPS) is 13.0. The van der Waals surface area contributed by atoms with Crippen LogP contribution in [0.4, 0.5) is 0 Å². The monoisotopic (exact) mass is 339 g/mol. The second-order valence-electron chi connectivity index (χ2n) is 5.30. The summed E-state index contributed by atoms with van der Waals surface area (Å²) in [6.45, 7) is 1.15. The van der Waals surface area contributed by atoms with Crippen LogP contribution in [0.15, 0.2) is 24.3 Å². The van der Waals surface area contributed by atoms with Crippen LogP contribution in [0.25, 0.3) is 11.0 Å². The van der Waals surface area contributed by atoms with Crippen LogP contribution >= 0.6 is 0 Å². The van der Waals surface area contributed by atoms with Gasteiger partial charge in [-0.2, -0.15) is 0 Å². The number of carboxylic acid groups (broad SMARTS) is 1. The van der Waals surface area contributed by atoms with Crippen molar-refractivity contribution in [1.29, 1.82) is 0 Å². The molecule has 1 heterocycles. The third kappa shape index (κ3) is 4.28. The lowest BCUT2D eigenvalue weighted by Gasteiger charge is -2.12. The molecule has 0 bridgehead atoms. The van der Waals surface area contributed by atoms with Crippen molar-refractivity contribution in [2.75, 3.05) is 6.26 Å². The van der Waals surface area contributed by atoms with Gasteiger partial charge in [0.25, 0.3) is 0 Å². The minimum Gasteiger partial charge on any atom is -0.480 e. The first-order valence-electron chi connectivity index (χ1n) is 6.81. The Bertz CT molecular complexity index is 856. The van der Waals surface area contributed by atoms with Crippen molar-refractivity contribution in [2.45, 2.75) is 25.3 Å². The molecule has 0 saturated carbocycles. The van der Waals surface area contributed by atoms with Crippen molar-refractivity contribution in [1.82, 2.24) is 14.9 Å². The van der Waals surface area contributed by atoms with E-state index in [-0.39, 0.29) is 18.1 Å². The fourth-order valence-electron chi connectivity index (χ4n) is 2.14. The summed E-state index contributed by atoms with van der Waals surface area (Å²) < 4.78 is 24.6. The zero-order valence-corrected chi connectivity index (χ0v) is 13.5. The Morgan fingerprint density at radius 2 is 2.00 bits per heavy atom. The number of hydrogen-bond donors (Lipinski definition) is 2. The first kappa shape index (κ1) is 16.9. The van der Waals surface area contributed by atoms with E-state index in [0.29, 0.717) is 11.0 Å². The predicted octanol–water partition coefficient (Wildman–Crippen LogP) is 0.170. The molecular weight excluding hydrogens is 322 g/mol. The number of carboxylic acids is 1. The van der Waals surface area contributed by atoms with Crippen LogP contribution in [0.2, 0.25) is 0 Å². The molecule has 1 aromatic heterocycles. The van der Waals surface area contributed by atoms with Gasteiger partial charge in [0.05, 0.1) is 11.0 Å². The second kappa shape index (κ2) is 6.37. The summed E-state index contributed by atoms with van der Waals surface area (Å²) in [5.41, 5.74) is 1.19. The molecule has 2 aromatic rings. The highest BCUT2D eigenvalue weighted by Crippen LogP contribution is 2.17. The molecule has 1 atom stereocenters. The Labute approximate surface area is 133 Å². The Hall–Kier alpha value is -2.42. The molecule has 2 rings (SSSR count). The van der Waals surface area contributed by atoms with Crippen LogP contribution in [0, 0.1) is 0 Å². The van der Waals surface area contributed by atoms with E-state index in [4.69, 9.17) is 5.11 Å². The fraction of sp³-hybridized carbons (Fsp3) is 0.357. The number of nitrogens with zero attached hydrogens (tertiary/aromatic N) is 2. The van der Waals surface area contributed by atoms with Gasteiger partial charge in [-0.15, -0.1) is 0 Å². The molecule has 0 fully saturated rings. The highest BCUT2D eigenvalue weighted by molar-refractivity contribution is 7.89. The van der Waals surface area contributed by atoms with Crippen LogP contribution in [0.1, 0.15) is 12.7 Å². The Balaban J connectivity index is 2.35. The molecule has 1 amide bonds. The molecule has 23 heavy (non-hydrogen) atoms. The molecule has 0 aliphatic carbocycles. The molecule has 0 unspecified atom stereocenters.